The van der Waals surface area contributed by atoms with E-state index in [1.165, 1.54) is 19.3 Å². The van der Waals surface area contributed by atoms with E-state index >= 15 is 0 Å². The number of hydrogen-bond acceptors (Lipinski definition) is 5. The van der Waals surface area contributed by atoms with Crippen LogP contribution in [0.15, 0.2) is 12.4 Å². The van der Waals surface area contributed by atoms with E-state index in [9.17, 15) is 0 Å². The molecule has 2 fully saturated rings. The Morgan fingerprint density at radius 1 is 1.29 bits per heavy atom. The predicted molar refractivity (Wildman–Crippen MR) is 65.8 cm³/mol. The molecule has 2 heterocycles. The lowest BCUT2D eigenvalue weighted by Gasteiger charge is -2.44. The maximum atomic E-state index is 5.84. The Kier molecular flexibility index (Phi) is 2.84. The summed E-state index contributed by atoms with van der Waals surface area (Å²) in [5.74, 6) is 1.38. The summed E-state index contributed by atoms with van der Waals surface area (Å²) in [6.45, 7) is 1.66. The minimum atomic E-state index is 0.362. The fourth-order valence-corrected chi connectivity index (χ4v) is 2.89. The molecule has 2 aliphatic rings. The first kappa shape index (κ1) is 10.8. The molecule has 5 nitrogen and oxygen atoms in total. The van der Waals surface area contributed by atoms with E-state index < -0.39 is 0 Å². The van der Waals surface area contributed by atoms with E-state index in [0.717, 1.165) is 25.4 Å². The van der Waals surface area contributed by atoms with Crippen LogP contribution in [-0.4, -0.2) is 35.3 Å². The Balaban J connectivity index is 1.85. The largest absolute Gasteiger partial charge is 0.382 e. The van der Waals surface area contributed by atoms with Crippen molar-refractivity contribution in [2.75, 3.05) is 23.8 Å². The molecule has 0 aromatic carbocycles. The van der Waals surface area contributed by atoms with E-state index in [1.54, 1.807) is 12.4 Å². The topological polar surface area (TPSA) is 64.3 Å². The molecule has 0 amide bonds. The van der Waals surface area contributed by atoms with E-state index in [2.05, 4.69) is 14.9 Å². The SMILES string of the molecule is Nc1cncc(N2CCOC3CCCCC32)n1. The average molecular weight is 234 g/mol. The predicted octanol–water partition coefficient (Wildman–Crippen LogP) is 1.21. The van der Waals surface area contributed by atoms with Gasteiger partial charge in [0.25, 0.3) is 0 Å². The monoisotopic (exact) mass is 234 g/mol. The third kappa shape index (κ3) is 2.07. The van der Waals surface area contributed by atoms with Gasteiger partial charge in [0.05, 0.1) is 31.1 Å². The molecule has 1 saturated carbocycles. The summed E-state index contributed by atoms with van der Waals surface area (Å²) in [4.78, 5) is 10.8. The van der Waals surface area contributed by atoms with Crippen LogP contribution in [0.25, 0.3) is 0 Å². The van der Waals surface area contributed by atoms with Gasteiger partial charge in [-0.3, -0.25) is 4.98 Å². The second-order valence-electron chi connectivity index (χ2n) is 4.76. The smallest absolute Gasteiger partial charge is 0.149 e. The Morgan fingerprint density at radius 2 is 2.18 bits per heavy atom. The van der Waals surface area contributed by atoms with Crippen molar-refractivity contribution in [3.63, 3.8) is 0 Å². The molecule has 2 atom stereocenters. The zero-order valence-corrected chi connectivity index (χ0v) is 9.88. The van der Waals surface area contributed by atoms with Gasteiger partial charge in [-0.1, -0.05) is 12.8 Å². The molecule has 2 N–H and O–H groups in total. The molecule has 2 unspecified atom stereocenters. The lowest BCUT2D eigenvalue weighted by atomic mass is 9.90. The maximum Gasteiger partial charge on any atom is 0.149 e. The normalized spacial score (nSPS) is 28.8. The molecular formula is C12H18N4O. The molecule has 1 aromatic rings. The highest BCUT2D eigenvalue weighted by Gasteiger charge is 2.34. The van der Waals surface area contributed by atoms with Crippen LogP contribution in [0.1, 0.15) is 25.7 Å². The van der Waals surface area contributed by atoms with Gasteiger partial charge in [-0.15, -0.1) is 0 Å². The van der Waals surface area contributed by atoms with Gasteiger partial charge in [-0.2, -0.15) is 0 Å². The third-order valence-corrected chi connectivity index (χ3v) is 3.67. The van der Waals surface area contributed by atoms with Crippen molar-refractivity contribution in [2.24, 2.45) is 0 Å². The van der Waals surface area contributed by atoms with Gasteiger partial charge >= 0.3 is 0 Å². The van der Waals surface area contributed by atoms with Crippen molar-refractivity contribution in [3.8, 4) is 0 Å². The highest BCUT2D eigenvalue weighted by molar-refractivity contribution is 5.43. The summed E-state index contributed by atoms with van der Waals surface area (Å²) in [5, 5.41) is 0. The van der Waals surface area contributed by atoms with Crippen molar-refractivity contribution in [3.05, 3.63) is 12.4 Å². The van der Waals surface area contributed by atoms with Gasteiger partial charge in [0.1, 0.15) is 11.6 Å². The lowest BCUT2D eigenvalue weighted by Crippen LogP contribution is -2.53. The van der Waals surface area contributed by atoms with Crippen molar-refractivity contribution in [2.45, 2.75) is 37.8 Å². The quantitative estimate of drug-likeness (QED) is 0.791. The maximum absolute atomic E-state index is 5.84. The molecule has 17 heavy (non-hydrogen) atoms. The van der Waals surface area contributed by atoms with Crippen LogP contribution < -0.4 is 10.6 Å². The second kappa shape index (κ2) is 4.49. The first-order valence-corrected chi connectivity index (χ1v) is 6.30. The van der Waals surface area contributed by atoms with Crippen LogP contribution in [0.3, 0.4) is 0 Å². The van der Waals surface area contributed by atoms with E-state index in [-0.39, 0.29) is 0 Å². The molecule has 5 heteroatoms. The van der Waals surface area contributed by atoms with Crippen LogP contribution in [0.4, 0.5) is 11.6 Å². The zero-order valence-electron chi connectivity index (χ0n) is 9.88. The Morgan fingerprint density at radius 3 is 3.06 bits per heavy atom. The summed E-state index contributed by atoms with van der Waals surface area (Å²) in [6, 6.07) is 0.452. The van der Waals surface area contributed by atoms with Crippen LogP contribution in [0.2, 0.25) is 0 Å². The summed E-state index contributed by atoms with van der Waals surface area (Å²) in [6.07, 6.45) is 8.64. The summed E-state index contributed by atoms with van der Waals surface area (Å²) >= 11 is 0. The van der Waals surface area contributed by atoms with Crippen LogP contribution in [0, 0.1) is 0 Å². The number of nitrogen functional groups attached to an aromatic ring is 1. The fraction of sp³-hybridized carbons (Fsp3) is 0.667. The van der Waals surface area contributed by atoms with Gasteiger partial charge in [0.2, 0.25) is 0 Å². The fourth-order valence-electron chi connectivity index (χ4n) is 2.89. The van der Waals surface area contributed by atoms with E-state index in [0.29, 0.717) is 18.0 Å². The van der Waals surface area contributed by atoms with Crippen LogP contribution in [0.5, 0.6) is 0 Å². The zero-order chi connectivity index (χ0) is 11.7. The summed E-state index contributed by atoms with van der Waals surface area (Å²) in [7, 11) is 0. The number of ether oxygens (including phenoxy) is 1. The van der Waals surface area contributed by atoms with Gasteiger partial charge < -0.3 is 15.4 Å². The van der Waals surface area contributed by atoms with Gasteiger partial charge in [-0.25, -0.2) is 4.98 Å². The standard InChI is InChI=1S/C12H18N4O/c13-11-7-14-8-12(15-11)16-5-6-17-10-4-2-1-3-9(10)16/h7-10H,1-6H2,(H2,13,15). The molecule has 1 aliphatic carbocycles. The average Bonchev–Trinajstić information content (AvgIpc) is 2.38. The second-order valence-corrected chi connectivity index (χ2v) is 4.76. The van der Waals surface area contributed by atoms with Crippen molar-refractivity contribution in [1.29, 1.82) is 0 Å². The molecule has 1 saturated heterocycles. The molecule has 92 valence electrons. The number of morpholine rings is 1. The van der Waals surface area contributed by atoms with E-state index in [4.69, 9.17) is 10.5 Å². The van der Waals surface area contributed by atoms with Crippen molar-refractivity contribution >= 4 is 11.6 Å². The van der Waals surface area contributed by atoms with Gasteiger partial charge in [0, 0.05) is 6.54 Å². The summed E-state index contributed by atoms with van der Waals surface area (Å²) in [5.41, 5.74) is 5.70. The molecular weight excluding hydrogens is 216 g/mol. The Labute approximate surface area is 101 Å². The number of anilines is 2. The first-order chi connectivity index (χ1) is 8.34. The lowest BCUT2D eigenvalue weighted by molar-refractivity contribution is -0.00900. The number of nitrogens with zero attached hydrogens (tertiary/aromatic N) is 3. The highest BCUT2D eigenvalue weighted by Crippen LogP contribution is 2.30. The van der Waals surface area contributed by atoms with Crippen molar-refractivity contribution in [1.82, 2.24) is 9.97 Å². The van der Waals surface area contributed by atoms with E-state index in [1.807, 2.05) is 0 Å². The first-order valence-electron chi connectivity index (χ1n) is 6.30. The minimum Gasteiger partial charge on any atom is -0.382 e. The van der Waals surface area contributed by atoms with Crippen molar-refractivity contribution < 1.29 is 4.74 Å². The molecule has 0 bridgehead atoms. The Bertz CT molecular complexity index is 396. The molecule has 0 radical (unpaired) electrons. The van der Waals surface area contributed by atoms with Gasteiger partial charge in [-0.05, 0) is 12.8 Å². The van der Waals surface area contributed by atoms with Gasteiger partial charge in [0.15, 0.2) is 0 Å². The highest BCUT2D eigenvalue weighted by atomic mass is 16.5. The molecule has 1 aliphatic heterocycles. The number of fused-ring (bicyclic) bond motifs is 1. The molecule has 1 aromatic heterocycles. The number of aromatic nitrogens is 2. The Hall–Kier alpha value is -1.36. The number of hydrogen-bond donors (Lipinski definition) is 1. The third-order valence-electron chi connectivity index (χ3n) is 3.67. The number of rotatable bonds is 1. The van der Waals surface area contributed by atoms with Crippen LogP contribution in [-0.2, 0) is 4.74 Å². The van der Waals surface area contributed by atoms with Crippen LogP contribution >= 0.6 is 0 Å². The number of nitrogens with two attached hydrogens (primary N) is 1. The summed E-state index contributed by atoms with van der Waals surface area (Å²) < 4.78 is 5.84. The minimum absolute atomic E-state index is 0.362. The molecule has 3 rings (SSSR count). The molecule has 0 spiro atoms.